The van der Waals surface area contributed by atoms with Gasteiger partial charge in [-0.1, -0.05) is 17.7 Å². The van der Waals surface area contributed by atoms with E-state index in [2.05, 4.69) is 10.1 Å². The van der Waals surface area contributed by atoms with Crippen molar-refractivity contribution in [2.24, 2.45) is 0 Å². The Kier molecular flexibility index (Phi) is 5.81. The quantitative estimate of drug-likeness (QED) is 0.787. The van der Waals surface area contributed by atoms with Crippen LogP contribution in [0.25, 0.3) is 0 Å². The number of ether oxygens (including phenoxy) is 1. The van der Waals surface area contributed by atoms with Crippen LogP contribution in [-0.2, 0) is 0 Å². The van der Waals surface area contributed by atoms with E-state index in [0.717, 1.165) is 30.3 Å². The van der Waals surface area contributed by atoms with Gasteiger partial charge in [-0.25, -0.2) is 13.6 Å². The zero-order chi connectivity index (χ0) is 18.6. The van der Waals surface area contributed by atoms with Gasteiger partial charge in [-0.3, -0.25) is 10.1 Å². The molecule has 0 bridgehead atoms. The van der Waals surface area contributed by atoms with E-state index < -0.39 is 35.7 Å². The molecule has 0 atom stereocenters. The topological polar surface area (TPSA) is 67.4 Å². The van der Waals surface area contributed by atoms with Gasteiger partial charge in [-0.05, 0) is 30.3 Å². The summed E-state index contributed by atoms with van der Waals surface area (Å²) in [5, 5.41) is 3.67. The number of anilines is 1. The lowest BCUT2D eigenvalue weighted by Gasteiger charge is -2.10. The highest BCUT2D eigenvalue weighted by Gasteiger charge is 2.19. The van der Waals surface area contributed by atoms with Crippen molar-refractivity contribution >= 4 is 29.2 Å². The number of nitrogens with one attached hydrogen (secondary N) is 2. The highest BCUT2D eigenvalue weighted by molar-refractivity contribution is 6.32. The molecular formula is C15H9ClF4N2O3. The first-order chi connectivity index (χ1) is 11.8. The van der Waals surface area contributed by atoms with Crippen LogP contribution in [0.3, 0.4) is 0 Å². The van der Waals surface area contributed by atoms with Crippen molar-refractivity contribution < 1.29 is 31.9 Å². The number of alkyl halides is 2. The van der Waals surface area contributed by atoms with Gasteiger partial charge in [-0.2, -0.15) is 8.78 Å². The standard InChI is InChI=1S/C15H9ClF4N2O3/c16-8-6-7(4-5-11(8)25-14(19)20)21-15(24)22-13(23)12-9(17)2-1-3-10(12)18/h1-6,14H,(H2,21,22,23,24). The van der Waals surface area contributed by atoms with Crippen LogP contribution < -0.4 is 15.4 Å². The number of hydrogen-bond donors (Lipinski definition) is 2. The zero-order valence-electron chi connectivity index (χ0n) is 12.2. The molecule has 132 valence electrons. The molecule has 0 aliphatic carbocycles. The number of carbonyl (C=O) groups excluding carboxylic acids is 2. The summed E-state index contributed by atoms with van der Waals surface area (Å²) in [6.45, 7) is -3.08. The SMILES string of the molecule is O=C(NC(=O)c1c(F)cccc1F)Nc1ccc(OC(F)F)c(Cl)c1. The molecule has 2 aromatic rings. The zero-order valence-corrected chi connectivity index (χ0v) is 12.9. The first-order valence-electron chi connectivity index (χ1n) is 6.58. The molecular weight excluding hydrogens is 368 g/mol. The monoisotopic (exact) mass is 376 g/mol. The van der Waals surface area contributed by atoms with Gasteiger partial charge in [0.25, 0.3) is 5.91 Å². The second-order valence-corrected chi connectivity index (χ2v) is 4.94. The fraction of sp³-hybridized carbons (Fsp3) is 0.0667. The van der Waals surface area contributed by atoms with Gasteiger partial charge in [-0.15, -0.1) is 0 Å². The van der Waals surface area contributed by atoms with Gasteiger partial charge in [0.15, 0.2) is 0 Å². The molecule has 2 aromatic carbocycles. The second-order valence-electron chi connectivity index (χ2n) is 4.53. The maximum absolute atomic E-state index is 13.5. The third-order valence-electron chi connectivity index (χ3n) is 2.82. The molecule has 0 spiro atoms. The average Bonchev–Trinajstić information content (AvgIpc) is 2.49. The van der Waals surface area contributed by atoms with Crippen LogP contribution in [0.1, 0.15) is 10.4 Å². The van der Waals surface area contributed by atoms with E-state index in [4.69, 9.17) is 11.6 Å². The maximum atomic E-state index is 13.5. The van der Waals surface area contributed by atoms with E-state index in [-0.39, 0.29) is 16.5 Å². The largest absolute Gasteiger partial charge is 0.433 e. The summed E-state index contributed by atoms with van der Waals surface area (Å²) in [7, 11) is 0. The fourth-order valence-electron chi connectivity index (χ4n) is 1.81. The Morgan fingerprint density at radius 3 is 2.28 bits per heavy atom. The van der Waals surface area contributed by atoms with E-state index >= 15 is 0 Å². The Hall–Kier alpha value is -2.81. The van der Waals surface area contributed by atoms with E-state index in [1.807, 2.05) is 0 Å². The lowest BCUT2D eigenvalue weighted by Crippen LogP contribution is -2.35. The predicted octanol–water partition coefficient (Wildman–Crippen LogP) is 4.18. The van der Waals surface area contributed by atoms with Crippen molar-refractivity contribution in [3.05, 3.63) is 58.6 Å². The number of halogens is 5. The Balaban J connectivity index is 2.05. The van der Waals surface area contributed by atoms with Crippen LogP contribution in [-0.4, -0.2) is 18.5 Å². The van der Waals surface area contributed by atoms with E-state index in [9.17, 15) is 27.2 Å². The van der Waals surface area contributed by atoms with Crippen LogP contribution in [0.2, 0.25) is 5.02 Å². The highest BCUT2D eigenvalue weighted by Crippen LogP contribution is 2.28. The summed E-state index contributed by atoms with van der Waals surface area (Å²) in [6.07, 6.45) is 0. The normalized spacial score (nSPS) is 10.5. The number of benzene rings is 2. The van der Waals surface area contributed by atoms with Crippen molar-refractivity contribution in [3.8, 4) is 5.75 Å². The molecule has 0 heterocycles. The average molecular weight is 377 g/mol. The van der Waals surface area contributed by atoms with Gasteiger partial charge >= 0.3 is 12.6 Å². The molecule has 5 nitrogen and oxygen atoms in total. The number of hydrogen-bond acceptors (Lipinski definition) is 3. The smallest absolute Gasteiger partial charge is 0.387 e. The van der Waals surface area contributed by atoms with Crippen molar-refractivity contribution in [1.29, 1.82) is 0 Å². The van der Waals surface area contributed by atoms with Crippen LogP contribution in [0.5, 0.6) is 5.75 Å². The fourth-order valence-corrected chi connectivity index (χ4v) is 2.04. The summed E-state index contributed by atoms with van der Waals surface area (Å²) < 4.78 is 55.3. The van der Waals surface area contributed by atoms with E-state index in [1.165, 1.54) is 6.07 Å². The van der Waals surface area contributed by atoms with Gasteiger partial charge in [0.05, 0.1) is 5.02 Å². The van der Waals surface area contributed by atoms with Crippen molar-refractivity contribution in [1.82, 2.24) is 5.32 Å². The van der Waals surface area contributed by atoms with Gasteiger partial charge in [0, 0.05) is 5.69 Å². The molecule has 0 saturated carbocycles. The minimum absolute atomic E-state index is 0.0333. The Morgan fingerprint density at radius 2 is 1.72 bits per heavy atom. The van der Waals surface area contributed by atoms with Gasteiger partial charge in [0.2, 0.25) is 0 Å². The van der Waals surface area contributed by atoms with Crippen molar-refractivity contribution in [2.45, 2.75) is 6.61 Å². The molecule has 2 N–H and O–H groups in total. The second kappa shape index (κ2) is 7.84. The summed E-state index contributed by atoms with van der Waals surface area (Å²) in [6, 6.07) is 5.01. The summed E-state index contributed by atoms with van der Waals surface area (Å²) in [5.74, 6) is -3.88. The summed E-state index contributed by atoms with van der Waals surface area (Å²) >= 11 is 5.70. The molecule has 3 amide bonds. The molecule has 25 heavy (non-hydrogen) atoms. The third-order valence-corrected chi connectivity index (χ3v) is 3.12. The first-order valence-corrected chi connectivity index (χ1v) is 6.96. The third kappa shape index (κ3) is 4.83. The van der Waals surface area contributed by atoms with E-state index in [0.29, 0.717) is 0 Å². The minimum Gasteiger partial charge on any atom is -0.433 e. The number of imide groups is 1. The van der Waals surface area contributed by atoms with Crippen molar-refractivity contribution in [2.75, 3.05) is 5.32 Å². The summed E-state index contributed by atoms with van der Waals surface area (Å²) in [5.41, 5.74) is -0.887. The van der Waals surface area contributed by atoms with Crippen molar-refractivity contribution in [3.63, 3.8) is 0 Å². The molecule has 0 fully saturated rings. The van der Waals surface area contributed by atoms with Crippen LogP contribution in [0.15, 0.2) is 36.4 Å². The number of carbonyl (C=O) groups is 2. The van der Waals surface area contributed by atoms with Gasteiger partial charge < -0.3 is 10.1 Å². The lowest BCUT2D eigenvalue weighted by molar-refractivity contribution is -0.0497. The highest BCUT2D eigenvalue weighted by atomic mass is 35.5. The van der Waals surface area contributed by atoms with Crippen LogP contribution in [0.4, 0.5) is 28.0 Å². The molecule has 2 rings (SSSR count). The Morgan fingerprint density at radius 1 is 1.08 bits per heavy atom. The lowest BCUT2D eigenvalue weighted by atomic mass is 10.2. The maximum Gasteiger partial charge on any atom is 0.387 e. The minimum atomic E-state index is -3.08. The molecule has 0 aliphatic rings. The Bertz CT molecular complexity index is 797. The molecule has 0 aliphatic heterocycles. The molecule has 0 saturated heterocycles. The van der Waals surface area contributed by atoms with Crippen LogP contribution in [0, 0.1) is 11.6 Å². The molecule has 0 radical (unpaired) electrons. The molecule has 10 heteroatoms. The number of urea groups is 1. The summed E-state index contributed by atoms with van der Waals surface area (Å²) in [4.78, 5) is 23.5. The predicted molar refractivity (Wildman–Crippen MR) is 80.9 cm³/mol. The Labute approximate surface area is 143 Å². The van der Waals surface area contributed by atoms with E-state index in [1.54, 1.807) is 5.32 Å². The van der Waals surface area contributed by atoms with Gasteiger partial charge in [0.1, 0.15) is 22.9 Å². The first kappa shape index (κ1) is 18.5. The van der Waals surface area contributed by atoms with Crippen LogP contribution >= 0.6 is 11.6 Å². The number of amides is 3. The molecule has 0 unspecified atom stereocenters. The number of rotatable bonds is 4. The molecule has 0 aromatic heterocycles.